The minimum Gasteiger partial charge on any atom is -0.497 e. The number of nitrogens with zero attached hydrogens (tertiary/aromatic N) is 3. The van der Waals surface area contributed by atoms with Crippen LogP contribution in [0.15, 0.2) is 36.7 Å². The van der Waals surface area contributed by atoms with Crippen molar-refractivity contribution in [2.45, 2.75) is 19.0 Å². The van der Waals surface area contributed by atoms with Crippen molar-refractivity contribution in [1.29, 1.82) is 0 Å². The van der Waals surface area contributed by atoms with Crippen LogP contribution in [0.2, 0.25) is 0 Å². The first-order valence-corrected chi connectivity index (χ1v) is 9.22. The fraction of sp³-hybridized carbons (Fsp3) is 0.350. The van der Waals surface area contributed by atoms with Gasteiger partial charge in [-0.2, -0.15) is 5.10 Å². The Hall–Kier alpha value is -2.55. The molecular formula is C20H25Cl2N5O3. The highest BCUT2D eigenvalue weighted by atomic mass is 35.5. The fourth-order valence-electron chi connectivity index (χ4n) is 3.40. The number of ether oxygens (including phenoxy) is 2. The van der Waals surface area contributed by atoms with Crippen molar-refractivity contribution in [1.82, 2.24) is 25.4 Å². The molecule has 1 amide bonds. The van der Waals surface area contributed by atoms with Gasteiger partial charge in [-0.3, -0.25) is 4.79 Å². The number of amides is 1. The lowest BCUT2D eigenvalue weighted by Gasteiger charge is -2.12. The summed E-state index contributed by atoms with van der Waals surface area (Å²) in [6.07, 6.45) is 4.28. The monoisotopic (exact) mass is 453 g/mol. The van der Waals surface area contributed by atoms with Crippen molar-refractivity contribution in [2.75, 3.05) is 27.3 Å². The van der Waals surface area contributed by atoms with Gasteiger partial charge in [0.2, 0.25) is 0 Å². The van der Waals surface area contributed by atoms with Crippen LogP contribution in [0.5, 0.6) is 11.5 Å². The number of carbonyl (C=O) groups excluding carboxylic acids is 1. The highest BCUT2D eigenvalue weighted by molar-refractivity contribution is 5.97. The fourth-order valence-corrected chi connectivity index (χ4v) is 3.40. The van der Waals surface area contributed by atoms with Gasteiger partial charge in [0.05, 0.1) is 32.5 Å². The Morgan fingerprint density at radius 2 is 2.07 bits per heavy atom. The Morgan fingerprint density at radius 3 is 2.77 bits per heavy atom. The van der Waals surface area contributed by atoms with E-state index in [0.29, 0.717) is 12.1 Å². The molecule has 8 nitrogen and oxygen atoms in total. The maximum Gasteiger partial charge on any atom is 0.253 e. The number of fused-ring (bicyclic) bond motifs is 1. The van der Waals surface area contributed by atoms with Crippen LogP contribution in [0, 0.1) is 0 Å². The van der Waals surface area contributed by atoms with Crippen molar-refractivity contribution in [2.24, 2.45) is 0 Å². The van der Waals surface area contributed by atoms with Crippen molar-refractivity contribution in [3.8, 4) is 11.5 Å². The summed E-state index contributed by atoms with van der Waals surface area (Å²) in [5, 5.41) is 11.5. The van der Waals surface area contributed by atoms with E-state index in [4.69, 9.17) is 9.47 Å². The second kappa shape index (κ2) is 10.5. The number of halogens is 2. The molecule has 4 rings (SSSR count). The normalized spacial score (nSPS) is 15.2. The highest BCUT2D eigenvalue weighted by Crippen LogP contribution is 2.26. The van der Waals surface area contributed by atoms with E-state index in [1.807, 2.05) is 24.3 Å². The summed E-state index contributed by atoms with van der Waals surface area (Å²) >= 11 is 0. The summed E-state index contributed by atoms with van der Waals surface area (Å²) in [7, 11) is 3.25. The molecule has 3 heterocycles. The molecule has 1 saturated heterocycles. The predicted octanol–water partition coefficient (Wildman–Crippen LogP) is 2.43. The van der Waals surface area contributed by atoms with E-state index in [0.717, 1.165) is 47.6 Å². The molecule has 0 saturated carbocycles. The number of carbonyl (C=O) groups is 1. The number of benzene rings is 1. The average molecular weight is 454 g/mol. The van der Waals surface area contributed by atoms with E-state index in [2.05, 4.69) is 20.7 Å². The van der Waals surface area contributed by atoms with Gasteiger partial charge in [0.25, 0.3) is 5.91 Å². The van der Waals surface area contributed by atoms with Crippen LogP contribution in [0.25, 0.3) is 11.0 Å². The summed E-state index contributed by atoms with van der Waals surface area (Å²) in [6, 6.07) is 7.68. The van der Waals surface area contributed by atoms with Crippen LogP contribution in [0.1, 0.15) is 22.3 Å². The number of nitrogens with one attached hydrogen (secondary N) is 2. The molecule has 1 unspecified atom stereocenters. The lowest BCUT2D eigenvalue weighted by Crippen LogP contribution is -2.36. The minimum atomic E-state index is -0.104. The summed E-state index contributed by atoms with van der Waals surface area (Å²) < 4.78 is 12.5. The van der Waals surface area contributed by atoms with E-state index in [1.54, 1.807) is 31.3 Å². The van der Waals surface area contributed by atoms with E-state index in [9.17, 15) is 4.79 Å². The number of rotatable bonds is 6. The smallest absolute Gasteiger partial charge is 0.253 e. The third-order valence-corrected chi connectivity index (χ3v) is 4.95. The summed E-state index contributed by atoms with van der Waals surface area (Å²) in [5.74, 6) is 1.36. The summed E-state index contributed by atoms with van der Waals surface area (Å²) in [5.41, 5.74) is 2.23. The second-order valence-corrected chi connectivity index (χ2v) is 6.78. The topological polar surface area (TPSA) is 90.3 Å². The third-order valence-electron chi connectivity index (χ3n) is 4.95. The molecule has 2 N–H and O–H groups in total. The molecule has 0 aliphatic carbocycles. The van der Waals surface area contributed by atoms with Crippen LogP contribution in [0.3, 0.4) is 0 Å². The molecule has 0 spiro atoms. The molecule has 162 valence electrons. The van der Waals surface area contributed by atoms with Crippen LogP contribution < -0.4 is 20.1 Å². The molecule has 3 aromatic rings. The Kier molecular flexibility index (Phi) is 8.28. The number of hydrogen-bond donors (Lipinski definition) is 2. The van der Waals surface area contributed by atoms with Crippen LogP contribution >= 0.6 is 24.8 Å². The lowest BCUT2D eigenvalue weighted by atomic mass is 10.2. The van der Waals surface area contributed by atoms with Crippen LogP contribution in [-0.4, -0.2) is 54.0 Å². The first-order chi connectivity index (χ1) is 13.7. The van der Waals surface area contributed by atoms with Crippen molar-refractivity contribution >= 4 is 41.8 Å². The largest absolute Gasteiger partial charge is 0.497 e. The van der Waals surface area contributed by atoms with Gasteiger partial charge < -0.3 is 20.1 Å². The Bertz CT molecular complexity index is 1010. The van der Waals surface area contributed by atoms with Gasteiger partial charge in [0, 0.05) is 35.8 Å². The summed E-state index contributed by atoms with van der Waals surface area (Å²) in [6.45, 7) is 2.25. The SMILES string of the molecule is COc1ccc(Cn2ncc3cc(C(=O)NC4CCNC4)cnc32)c(OC)c1.Cl.Cl. The summed E-state index contributed by atoms with van der Waals surface area (Å²) in [4.78, 5) is 16.9. The number of hydrogen-bond acceptors (Lipinski definition) is 6. The molecule has 1 aliphatic heterocycles. The molecule has 1 aliphatic rings. The lowest BCUT2D eigenvalue weighted by molar-refractivity contribution is 0.0940. The van der Waals surface area contributed by atoms with Crippen LogP contribution in [-0.2, 0) is 6.54 Å². The molecule has 10 heteroatoms. The molecular weight excluding hydrogens is 429 g/mol. The third kappa shape index (κ3) is 4.95. The maximum absolute atomic E-state index is 12.5. The van der Waals surface area contributed by atoms with E-state index < -0.39 is 0 Å². The standard InChI is InChI=1S/C20H23N5O3.2ClH/c1-27-17-4-3-13(18(8-17)28-2)12-25-19-14(10-23-25)7-15(9-22-19)20(26)24-16-5-6-21-11-16;;/h3-4,7-10,16,21H,5-6,11-12H2,1-2H3,(H,24,26);2*1H. The predicted molar refractivity (Wildman–Crippen MR) is 119 cm³/mol. The zero-order valence-electron chi connectivity index (χ0n) is 16.8. The van der Waals surface area contributed by atoms with E-state index in [-0.39, 0.29) is 36.8 Å². The molecule has 0 radical (unpaired) electrons. The first kappa shape index (κ1) is 23.7. The maximum atomic E-state index is 12.5. The average Bonchev–Trinajstić information content (AvgIpc) is 3.38. The van der Waals surface area contributed by atoms with Gasteiger partial charge in [0.15, 0.2) is 5.65 Å². The van der Waals surface area contributed by atoms with Gasteiger partial charge in [-0.05, 0) is 31.2 Å². The minimum absolute atomic E-state index is 0. The molecule has 30 heavy (non-hydrogen) atoms. The van der Waals surface area contributed by atoms with Crippen molar-refractivity contribution in [3.63, 3.8) is 0 Å². The van der Waals surface area contributed by atoms with E-state index >= 15 is 0 Å². The molecule has 0 bridgehead atoms. The Labute approximate surface area is 187 Å². The quantitative estimate of drug-likeness (QED) is 0.595. The highest BCUT2D eigenvalue weighted by Gasteiger charge is 2.18. The van der Waals surface area contributed by atoms with Crippen LogP contribution in [0.4, 0.5) is 0 Å². The zero-order valence-corrected chi connectivity index (χ0v) is 18.4. The first-order valence-electron chi connectivity index (χ1n) is 9.22. The second-order valence-electron chi connectivity index (χ2n) is 6.78. The molecule has 2 aromatic heterocycles. The van der Waals surface area contributed by atoms with E-state index in [1.165, 1.54) is 0 Å². The van der Waals surface area contributed by atoms with Crippen molar-refractivity contribution < 1.29 is 14.3 Å². The van der Waals surface area contributed by atoms with Gasteiger partial charge in [-0.15, -0.1) is 24.8 Å². The van der Waals surface area contributed by atoms with Gasteiger partial charge in [0.1, 0.15) is 11.5 Å². The Morgan fingerprint density at radius 1 is 1.23 bits per heavy atom. The van der Waals surface area contributed by atoms with Gasteiger partial charge in [-0.1, -0.05) is 0 Å². The molecule has 1 fully saturated rings. The van der Waals surface area contributed by atoms with Crippen molar-refractivity contribution in [3.05, 3.63) is 47.8 Å². The number of methoxy groups -OCH3 is 2. The number of aromatic nitrogens is 3. The Balaban J connectivity index is 0.00000160. The van der Waals surface area contributed by atoms with Gasteiger partial charge >= 0.3 is 0 Å². The molecule has 1 aromatic carbocycles. The van der Waals surface area contributed by atoms with Gasteiger partial charge in [-0.25, -0.2) is 9.67 Å². The zero-order chi connectivity index (χ0) is 19.5. The number of pyridine rings is 1. The molecule has 1 atom stereocenters.